The zero-order valence-corrected chi connectivity index (χ0v) is 13.4. The summed E-state index contributed by atoms with van der Waals surface area (Å²) in [6.45, 7) is 0. The first-order valence-corrected chi connectivity index (χ1v) is 8.19. The SMILES string of the molecule is O=C(c1ccc(F)cc1)N1N=C(C2CCCCC2)C[C@]1(O)C(F)(F)F. The number of amides is 1. The Bertz CT molecular complexity index is 681. The number of hydrogen-bond donors (Lipinski definition) is 1. The summed E-state index contributed by atoms with van der Waals surface area (Å²) in [6.07, 6.45) is -1.60. The van der Waals surface area contributed by atoms with Gasteiger partial charge in [0.2, 0.25) is 0 Å². The first-order chi connectivity index (χ1) is 11.7. The highest BCUT2D eigenvalue weighted by atomic mass is 19.4. The normalized spacial score (nSPS) is 25.2. The van der Waals surface area contributed by atoms with Crippen molar-refractivity contribution >= 4 is 11.6 Å². The molecule has 3 rings (SSSR count). The average Bonchev–Trinajstić information content (AvgIpc) is 2.95. The molecule has 1 heterocycles. The molecule has 1 amide bonds. The van der Waals surface area contributed by atoms with Crippen molar-refractivity contribution in [3.63, 3.8) is 0 Å². The van der Waals surface area contributed by atoms with E-state index in [4.69, 9.17) is 0 Å². The molecule has 136 valence electrons. The minimum atomic E-state index is -5.05. The van der Waals surface area contributed by atoms with Gasteiger partial charge in [-0.2, -0.15) is 23.3 Å². The lowest BCUT2D eigenvalue weighted by Gasteiger charge is -2.32. The van der Waals surface area contributed by atoms with E-state index in [1.54, 1.807) is 0 Å². The molecule has 1 N–H and O–H groups in total. The third-order valence-corrected chi connectivity index (χ3v) is 4.82. The summed E-state index contributed by atoms with van der Waals surface area (Å²) < 4.78 is 53.5. The van der Waals surface area contributed by atoms with Gasteiger partial charge in [0.1, 0.15) is 5.82 Å². The minimum absolute atomic E-state index is 0.115. The fourth-order valence-electron chi connectivity index (χ4n) is 3.38. The van der Waals surface area contributed by atoms with Gasteiger partial charge in [-0.3, -0.25) is 4.79 Å². The first kappa shape index (κ1) is 17.8. The van der Waals surface area contributed by atoms with Gasteiger partial charge in [-0.15, -0.1) is 0 Å². The van der Waals surface area contributed by atoms with Crippen molar-refractivity contribution in [3.8, 4) is 0 Å². The molecule has 1 aromatic rings. The molecular weight excluding hydrogens is 340 g/mol. The van der Waals surface area contributed by atoms with E-state index in [0.717, 1.165) is 43.5 Å². The van der Waals surface area contributed by atoms with E-state index in [9.17, 15) is 27.5 Å². The number of rotatable bonds is 2. The van der Waals surface area contributed by atoms with Crippen molar-refractivity contribution in [2.24, 2.45) is 11.0 Å². The topological polar surface area (TPSA) is 52.9 Å². The number of benzene rings is 1. The fourth-order valence-corrected chi connectivity index (χ4v) is 3.38. The predicted molar refractivity (Wildman–Crippen MR) is 82.2 cm³/mol. The summed E-state index contributed by atoms with van der Waals surface area (Å²) in [5.74, 6) is -1.88. The van der Waals surface area contributed by atoms with Gasteiger partial charge < -0.3 is 5.11 Å². The quantitative estimate of drug-likeness (QED) is 0.817. The van der Waals surface area contributed by atoms with Gasteiger partial charge in [0.05, 0.1) is 0 Å². The molecule has 2 aliphatic rings. The monoisotopic (exact) mass is 358 g/mol. The highest BCUT2D eigenvalue weighted by Crippen LogP contribution is 2.43. The number of carbonyl (C=O) groups is 1. The van der Waals surface area contributed by atoms with E-state index in [0.29, 0.717) is 12.8 Å². The maximum atomic E-state index is 13.5. The molecule has 0 radical (unpaired) electrons. The summed E-state index contributed by atoms with van der Waals surface area (Å²) in [6, 6.07) is 4.09. The van der Waals surface area contributed by atoms with Gasteiger partial charge in [0.25, 0.3) is 11.6 Å². The molecule has 4 nitrogen and oxygen atoms in total. The number of carbonyl (C=O) groups excluding carboxylic acids is 1. The van der Waals surface area contributed by atoms with Crippen LogP contribution in [0.25, 0.3) is 0 Å². The van der Waals surface area contributed by atoms with Crippen LogP contribution in [0.2, 0.25) is 0 Å². The number of halogens is 4. The van der Waals surface area contributed by atoms with Gasteiger partial charge in [-0.25, -0.2) is 4.39 Å². The zero-order chi connectivity index (χ0) is 18.2. The Morgan fingerprint density at radius 1 is 1.16 bits per heavy atom. The van der Waals surface area contributed by atoms with Gasteiger partial charge in [-0.1, -0.05) is 19.3 Å². The van der Waals surface area contributed by atoms with Crippen LogP contribution in [0.5, 0.6) is 0 Å². The molecule has 25 heavy (non-hydrogen) atoms. The van der Waals surface area contributed by atoms with Crippen LogP contribution >= 0.6 is 0 Å². The van der Waals surface area contributed by atoms with Crippen LogP contribution in [0.15, 0.2) is 29.4 Å². The van der Waals surface area contributed by atoms with Crippen LogP contribution < -0.4 is 0 Å². The van der Waals surface area contributed by atoms with Gasteiger partial charge in [0, 0.05) is 17.7 Å². The van der Waals surface area contributed by atoms with Gasteiger partial charge >= 0.3 is 6.18 Å². The molecule has 8 heteroatoms. The van der Waals surface area contributed by atoms with E-state index in [1.807, 2.05) is 0 Å². The molecule has 0 bridgehead atoms. The van der Waals surface area contributed by atoms with Crippen LogP contribution in [-0.4, -0.2) is 33.6 Å². The Morgan fingerprint density at radius 3 is 2.32 bits per heavy atom. The number of aliphatic hydroxyl groups is 1. The van der Waals surface area contributed by atoms with E-state index in [-0.39, 0.29) is 22.2 Å². The van der Waals surface area contributed by atoms with Crippen LogP contribution in [0, 0.1) is 11.7 Å². The summed E-state index contributed by atoms with van der Waals surface area (Å²) in [5, 5.41) is 14.2. The molecule has 1 aliphatic heterocycles. The molecule has 1 fully saturated rings. The molecular formula is C17H18F4N2O2. The lowest BCUT2D eigenvalue weighted by molar-refractivity contribution is -0.297. The molecule has 0 spiro atoms. The molecule has 0 saturated heterocycles. The number of alkyl halides is 3. The second-order valence-corrected chi connectivity index (χ2v) is 6.54. The highest BCUT2D eigenvalue weighted by molar-refractivity contribution is 5.98. The largest absolute Gasteiger partial charge is 0.438 e. The minimum Gasteiger partial charge on any atom is -0.362 e. The van der Waals surface area contributed by atoms with Crippen molar-refractivity contribution in [3.05, 3.63) is 35.6 Å². The fraction of sp³-hybridized carbons (Fsp3) is 0.529. The summed E-state index contributed by atoms with van der Waals surface area (Å²) >= 11 is 0. The lowest BCUT2D eigenvalue weighted by Crippen LogP contribution is -2.56. The Kier molecular flexibility index (Phi) is 4.57. The van der Waals surface area contributed by atoms with Crippen LogP contribution in [0.1, 0.15) is 48.9 Å². The zero-order valence-electron chi connectivity index (χ0n) is 13.4. The molecule has 0 unspecified atom stereocenters. The predicted octanol–water partition coefficient (Wildman–Crippen LogP) is 3.86. The highest BCUT2D eigenvalue weighted by Gasteiger charge is 2.63. The lowest BCUT2D eigenvalue weighted by atomic mass is 9.83. The van der Waals surface area contributed by atoms with Gasteiger partial charge in [0.15, 0.2) is 0 Å². The van der Waals surface area contributed by atoms with Gasteiger partial charge in [-0.05, 0) is 43.0 Å². The standard InChI is InChI=1S/C17H18F4N2O2/c18-13-8-6-12(7-9-13)15(24)23-16(25,17(19,20)21)10-14(22-23)11-4-2-1-3-5-11/h6-9,11,25H,1-5,10H2/t16-/m0/s1. The molecule has 1 atom stereocenters. The summed E-state index contributed by atoms with van der Waals surface area (Å²) in [5.41, 5.74) is -3.33. The number of hydrazone groups is 1. The van der Waals surface area contributed by atoms with Crippen molar-refractivity contribution in [1.82, 2.24) is 5.01 Å². The van der Waals surface area contributed by atoms with Crippen LogP contribution in [0.4, 0.5) is 17.6 Å². The number of nitrogens with zero attached hydrogens (tertiary/aromatic N) is 2. The maximum Gasteiger partial charge on any atom is 0.438 e. The molecule has 1 aromatic carbocycles. The van der Waals surface area contributed by atoms with E-state index < -0.39 is 30.0 Å². The average molecular weight is 358 g/mol. The summed E-state index contributed by atoms with van der Waals surface area (Å²) in [7, 11) is 0. The Morgan fingerprint density at radius 2 is 1.76 bits per heavy atom. The van der Waals surface area contributed by atoms with Crippen molar-refractivity contribution < 1.29 is 27.5 Å². The van der Waals surface area contributed by atoms with Crippen molar-refractivity contribution in [2.75, 3.05) is 0 Å². The third kappa shape index (κ3) is 3.27. The van der Waals surface area contributed by atoms with Crippen LogP contribution in [0.3, 0.4) is 0 Å². The summed E-state index contributed by atoms with van der Waals surface area (Å²) in [4.78, 5) is 12.5. The Labute approximate surface area is 142 Å². The third-order valence-electron chi connectivity index (χ3n) is 4.82. The number of hydrogen-bond acceptors (Lipinski definition) is 3. The molecule has 1 saturated carbocycles. The molecule has 0 aromatic heterocycles. The van der Waals surface area contributed by atoms with Crippen LogP contribution in [-0.2, 0) is 0 Å². The maximum absolute atomic E-state index is 13.5. The van der Waals surface area contributed by atoms with Crippen molar-refractivity contribution in [2.45, 2.75) is 50.4 Å². The first-order valence-electron chi connectivity index (χ1n) is 8.19. The smallest absolute Gasteiger partial charge is 0.362 e. The Hall–Kier alpha value is -1.96. The van der Waals surface area contributed by atoms with E-state index >= 15 is 0 Å². The second-order valence-electron chi connectivity index (χ2n) is 6.54. The van der Waals surface area contributed by atoms with E-state index in [2.05, 4.69) is 5.10 Å². The molecule has 1 aliphatic carbocycles. The van der Waals surface area contributed by atoms with Crippen molar-refractivity contribution in [1.29, 1.82) is 0 Å². The van der Waals surface area contributed by atoms with E-state index in [1.165, 1.54) is 0 Å². The second kappa shape index (κ2) is 6.40. The Balaban J connectivity index is 1.94.